The third-order valence-electron chi connectivity index (χ3n) is 5.22. The molecule has 134 valence electrons. The number of anilines is 1. The topological polar surface area (TPSA) is 61.4 Å². The van der Waals surface area contributed by atoms with Gasteiger partial charge in [-0.2, -0.15) is 0 Å². The minimum Gasteiger partial charge on any atom is -0.374 e. The first-order valence-corrected chi connectivity index (χ1v) is 9.22. The monoisotopic (exact) mass is 349 g/mol. The van der Waals surface area contributed by atoms with E-state index in [0.717, 1.165) is 31.5 Å². The number of rotatable bonds is 4. The Kier molecular flexibility index (Phi) is 4.61. The molecule has 2 unspecified atom stereocenters. The van der Waals surface area contributed by atoms with Crippen LogP contribution in [0.5, 0.6) is 0 Å². The van der Waals surface area contributed by atoms with Gasteiger partial charge in [-0.3, -0.25) is 9.59 Å². The molecule has 2 amide bonds. The molecule has 2 aromatic carbocycles. The molecule has 0 radical (unpaired) electrons. The molecule has 2 aliphatic rings. The molecule has 2 fully saturated rings. The van der Waals surface area contributed by atoms with Crippen molar-refractivity contribution >= 4 is 17.5 Å². The predicted molar refractivity (Wildman–Crippen MR) is 101 cm³/mol. The molecule has 0 aliphatic carbocycles. The molecule has 2 N–H and O–H groups in total. The van der Waals surface area contributed by atoms with Crippen molar-refractivity contribution in [2.24, 2.45) is 0 Å². The van der Waals surface area contributed by atoms with Gasteiger partial charge in [0, 0.05) is 24.3 Å². The van der Waals surface area contributed by atoms with Crippen molar-refractivity contribution < 1.29 is 9.59 Å². The fraction of sp³-hybridized carbons (Fsp3) is 0.333. The van der Waals surface area contributed by atoms with Crippen LogP contribution >= 0.6 is 0 Å². The quantitative estimate of drug-likeness (QED) is 0.892. The first-order valence-electron chi connectivity index (χ1n) is 9.22. The molecule has 2 saturated heterocycles. The number of hydrogen-bond donors (Lipinski definition) is 2. The largest absolute Gasteiger partial charge is 0.374 e. The van der Waals surface area contributed by atoms with Gasteiger partial charge in [0.25, 0.3) is 5.91 Å². The summed E-state index contributed by atoms with van der Waals surface area (Å²) in [6, 6.07) is 17.7. The number of carbonyl (C=O) groups excluding carboxylic acids is 2. The maximum Gasteiger partial charge on any atom is 0.254 e. The van der Waals surface area contributed by atoms with Crippen molar-refractivity contribution in [2.75, 3.05) is 18.4 Å². The highest BCUT2D eigenvalue weighted by atomic mass is 16.2. The minimum absolute atomic E-state index is 0.0351. The van der Waals surface area contributed by atoms with Crippen molar-refractivity contribution in [2.45, 2.75) is 31.3 Å². The van der Waals surface area contributed by atoms with Gasteiger partial charge in [0.1, 0.15) is 6.04 Å². The van der Waals surface area contributed by atoms with E-state index in [1.807, 2.05) is 47.4 Å². The van der Waals surface area contributed by atoms with Crippen LogP contribution in [-0.4, -0.2) is 35.8 Å². The van der Waals surface area contributed by atoms with E-state index in [1.54, 1.807) is 0 Å². The number of nitrogens with one attached hydrogen (secondary N) is 2. The Labute approximate surface area is 153 Å². The lowest BCUT2D eigenvalue weighted by Crippen LogP contribution is -2.31. The summed E-state index contributed by atoms with van der Waals surface area (Å²) in [7, 11) is 0. The van der Waals surface area contributed by atoms with Crippen LogP contribution in [0.4, 0.5) is 5.69 Å². The van der Waals surface area contributed by atoms with Gasteiger partial charge in [-0.25, -0.2) is 0 Å². The highest BCUT2D eigenvalue weighted by molar-refractivity contribution is 5.95. The summed E-state index contributed by atoms with van der Waals surface area (Å²) in [5, 5.41) is 6.04. The Morgan fingerprint density at radius 1 is 1.04 bits per heavy atom. The molecule has 5 heteroatoms. The van der Waals surface area contributed by atoms with Gasteiger partial charge in [-0.15, -0.1) is 0 Å². The molecule has 2 heterocycles. The first-order chi connectivity index (χ1) is 12.7. The third-order valence-corrected chi connectivity index (χ3v) is 5.22. The van der Waals surface area contributed by atoms with Gasteiger partial charge in [0.05, 0.1) is 6.04 Å². The lowest BCUT2D eigenvalue weighted by Gasteiger charge is -2.25. The molecule has 5 nitrogen and oxygen atoms in total. The lowest BCUT2D eigenvalue weighted by atomic mass is 10.0. The Hall–Kier alpha value is -2.82. The van der Waals surface area contributed by atoms with Crippen molar-refractivity contribution in [1.82, 2.24) is 10.2 Å². The van der Waals surface area contributed by atoms with Crippen LogP contribution in [0.15, 0.2) is 54.6 Å². The Morgan fingerprint density at radius 2 is 1.81 bits per heavy atom. The summed E-state index contributed by atoms with van der Waals surface area (Å²) in [5.74, 6) is 0.106. The average Bonchev–Trinajstić information content (AvgIpc) is 3.32. The smallest absolute Gasteiger partial charge is 0.254 e. The second kappa shape index (κ2) is 7.20. The number of benzene rings is 2. The number of carbonyl (C=O) groups is 2. The van der Waals surface area contributed by atoms with Crippen molar-refractivity contribution in [3.8, 4) is 0 Å². The molecule has 0 saturated carbocycles. The van der Waals surface area contributed by atoms with Crippen molar-refractivity contribution in [1.29, 1.82) is 0 Å². The molecular formula is C21H23N3O2. The van der Waals surface area contributed by atoms with E-state index in [9.17, 15) is 9.59 Å². The predicted octanol–water partition coefficient (Wildman–Crippen LogP) is 2.96. The summed E-state index contributed by atoms with van der Waals surface area (Å²) in [6.45, 7) is 1.50. The van der Waals surface area contributed by atoms with E-state index >= 15 is 0 Å². The molecule has 2 atom stereocenters. The second-order valence-corrected chi connectivity index (χ2v) is 6.92. The summed E-state index contributed by atoms with van der Waals surface area (Å²) >= 11 is 0. The number of amides is 2. The van der Waals surface area contributed by atoms with Gasteiger partial charge >= 0.3 is 0 Å². The molecule has 4 rings (SSSR count). The third kappa shape index (κ3) is 3.29. The van der Waals surface area contributed by atoms with E-state index in [-0.39, 0.29) is 23.9 Å². The molecule has 0 aromatic heterocycles. The Balaban J connectivity index is 1.46. The van der Waals surface area contributed by atoms with Crippen LogP contribution in [0.2, 0.25) is 0 Å². The zero-order valence-corrected chi connectivity index (χ0v) is 14.7. The van der Waals surface area contributed by atoms with Crippen LogP contribution in [0.25, 0.3) is 0 Å². The van der Waals surface area contributed by atoms with Crippen LogP contribution < -0.4 is 10.6 Å². The van der Waals surface area contributed by atoms with Gasteiger partial charge in [-0.1, -0.05) is 30.3 Å². The SMILES string of the molecule is O=C1NCCC1Nc1ccc(C(=O)N2CCCC2c2ccccc2)cc1. The van der Waals surface area contributed by atoms with Crippen LogP contribution in [0.1, 0.15) is 41.2 Å². The van der Waals surface area contributed by atoms with Gasteiger partial charge in [-0.05, 0) is 49.1 Å². The highest BCUT2D eigenvalue weighted by Crippen LogP contribution is 2.33. The molecule has 2 aliphatic heterocycles. The Bertz CT molecular complexity index is 789. The van der Waals surface area contributed by atoms with Crippen LogP contribution in [0, 0.1) is 0 Å². The van der Waals surface area contributed by atoms with E-state index in [0.29, 0.717) is 12.1 Å². The zero-order chi connectivity index (χ0) is 17.9. The first kappa shape index (κ1) is 16.6. The minimum atomic E-state index is -0.183. The molecule has 0 spiro atoms. The van der Waals surface area contributed by atoms with Gasteiger partial charge in [0.15, 0.2) is 0 Å². The molecule has 0 bridgehead atoms. The highest BCUT2D eigenvalue weighted by Gasteiger charge is 2.30. The van der Waals surface area contributed by atoms with E-state index in [2.05, 4.69) is 22.8 Å². The summed E-state index contributed by atoms with van der Waals surface area (Å²) < 4.78 is 0. The number of likely N-dealkylation sites (tertiary alicyclic amines) is 1. The van der Waals surface area contributed by atoms with Crippen molar-refractivity contribution in [3.63, 3.8) is 0 Å². The summed E-state index contributed by atoms with van der Waals surface area (Å²) in [4.78, 5) is 26.6. The fourth-order valence-electron chi connectivity index (χ4n) is 3.84. The van der Waals surface area contributed by atoms with E-state index in [1.165, 1.54) is 5.56 Å². The average molecular weight is 349 g/mol. The van der Waals surface area contributed by atoms with E-state index < -0.39 is 0 Å². The van der Waals surface area contributed by atoms with Gasteiger partial charge < -0.3 is 15.5 Å². The van der Waals surface area contributed by atoms with E-state index in [4.69, 9.17) is 0 Å². The standard InChI is InChI=1S/C21H23N3O2/c25-20-18(12-13-22-20)23-17-10-8-16(9-11-17)21(26)24-14-4-7-19(24)15-5-2-1-3-6-15/h1-3,5-6,8-11,18-19,23H,4,7,12-14H2,(H,22,25). The summed E-state index contributed by atoms with van der Waals surface area (Å²) in [5.41, 5.74) is 2.75. The Morgan fingerprint density at radius 3 is 2.50 bits per heavy atom. The number of nitrogens with zero attached hydrogens (tertiary/aromatic N) is 1. The molecular weight excluding hydrogens is 326 g/mol. The molecule has 2 aromatic rings. The maximum absolute atomic E-state index is 13.0. The summed E-state index contributed by atoms with van der Waals surface area (Å²) in [6.07, 6.45) is 2.82. The number of hydrogen-bond acceptors (Lipinski definition) is 3. The lowest BCUT2D eigenvalue weighted by molar-refractivity contribution is -0.119. The second-order valence-electron chi connectivity index (χ2n) is 6.92. The zero-order valence-electron chi connectivity index (χ0n) is 14.7. The normalized spacial score (nSPS) is 22.3. The fourth-order valence-corrected chi connectivity index (χ4v) is 3.84. The molecule has 26 heavy (non-hydrogen) atoms. The van der Waals surface area contributed by atoms with Crippen LogP contribution in [0.3, 0.4) is 0 Å². The van der Waals surface area contributed by atoms with Gasteiger partial charge in [0.2, 0.25) is 5.91 Å². The van der Waals surface area contributed by atoms with Crippen molar-refractivity contribution in [3.05, 3.63) is 65.7 Å². The maximum atomic E-state index is 13.0. The van der Waals surface area contributed by atoms with Crippen LogP contribution in [-0.2, 0) is 4.79 Å².